The van der Waals surface area contributed by atoms with Crippen molar-refractivity contribution in [3.8, 4) is 11.3 Å². The molecule has 1 atom stereocenters. The first-order valence-corrected chi connectivity index (χ1v) is 8.75. The maximum atomic E-state index is 12.3. The molecule has 1 unspecified atom stereocenters. The fourth-order valence-electron chi connectivity index (χ4n) is 2.80. The van der Waals surface area contributed by atoms with Crippen molar-refractivity contribution < 1.29 is 4.79 Å². The average Bonchev–Trinajstić information content (AvgIpc) is 3.23. The molecular weight excluding hydrogens is 356 g/mol. The first-order chi connectivity index (χ1) is 13.3. The van der Waals surface area contributed by atoms with Crippen molar-refractivity contribution in [2.24, 2.45) is 5.92 Å². The number of carbonyl (C=O) groups is 1. The summed E-state index contributed by atoms with van der Waals surface area (Å²) in [5.41, 5.74) is 7.34. The van der Waals surface area contributed by atoms with Gasteiger partial charge in [0, 0.05) is 24.2 Å². The van der Waals surface area contributed by atoms with Crippen LogP contribution in [0.4, 0.5) is 5.95 Å². The van der Waals surface area contributed by atoms with E-state index in [0.717, 1.165) is 11.1 Å². The van der Waals surface area contributed by atoms with Crippen LogP contribution in [0.3, 0.4) is 0 Å². The van der Waals surface area contributed by atoms with E-state index in [4.69, 9.17) is 11.1 Å². The molecule has 0 aliphatic heterocycles. The van der Waals surface area contributed by atoms with Crippen LogP contribution >= 0.6 is 0 Å². The highest BCUT2D eigenvalue weighted by atomic mass is 16.2. The standard InChI is InChI=1S/C19H22N8O/c1-11(2)19(3,17(20)27-16(28)15-9-22-10-26-15)13-4-5-14(23-8-13)12-6-24-18(21)25-7-12/h4-11H,1-3H3,(H,22,26)(H2,20,27,28)(H2,21,24,25). The Hall–Kier alpha value is -3.62. The summed E-state index contributed by atoms with van der Waals surface area (Å²) in [5.74, 6) is -0.0748. The van der Waals surface area contributed by atoms with Gasteiger partial charge in [-0.1, -0.05) is 19.9 Å². The number of nitrogens with two attached hydrogens (primary N) is 1. The summed E-state index contributed by atoms with van der Waals surface area (Å²) < 4.78 is 0. The zero-order valence-corrected chi connectivity index (χ0v) is 15.9. The molecule has 9 nitrogen and oxygen atoms in total. The Kier molecular flexibility index (Phi) is 5.16. The number of aromatic nitrogens is 5. The fraction of sp³-hybridized carbons (Fsp3) is 0.263. The fourth-order valence-corrected chi connectivity index (χ4v) is 2.80. The van der Waals surface area contributed by atoms with E-state index in [-0.39, 0.29) is 17.7 Å². The van der Waals surface area contributed by atoms with Gasteiger partial charge in [0.05, 0.1) is 23.6 Å². The van der Waals surface area contributed by atoms with Gasteiger partial charge < -0.3 is 16.0 Å². The van der Waals surface area contributed by atoms with Crippen molar-refractivity contribution in [2.75, 3.05) is 5.73 Å². The molecule has 0 bridgehead atoms. The van der Waals surface area contributed by atoms with Crippen LogP contribution in [-0.2, 0) is 5.41 Å². The Balaban J connectivity index is 1.87. The number of nitrogens with zero attached hydrogens (tertiary/aromatic N) is 4. The van der Waals surface area contributed by atoms with Gasteiger partial charge in [-0.05, 0) is 24.5 Å². The lowest BCUT2D eigenvalue weighted by Gasteiger charge is -2.34. The number of nitrogen functional groups attached to an aromatic ring is 1. The zero-order chi connectivity index (χ0) is 20.3. The van der Waals surface area contributed by atoms with Crippen LogP contribution in [0.25, 0.3) is 11.3 Å². The van der Waals surface area contributed by atoms with Crippen LogP contribution < -0.4 is 11.1 Å². The van der Waals surface area contributed by atoms with Gasteiger partial charge in [-0.2, -0.15) is 0 Å². The molecule has 144 valence electrons. The molecule has 0 spiro atoms. The van der Waals surface area contributed by atoms with Gasteiger partial charge in [-0.25, -0.2) is 15.0 Å². The molecule has 0 saturated heterocycles. The largest absolute Gasteiger partial charge is 0.368 e. The Bertz CT molecular complexity index is 964. The molecule has 3 heterocycles. The van der Waals surface area contributed by atoms with Crippen LogP contribution in [0.2, 0.25) is 0 Å². The minimum absolute atomic E-state index is 0.0366. The quantitative estimate of drug-likeness (QED) is 0.395. The normalized spacial score (nSPS) is 13.1. The Morgan fingerprint density at radius 2 is 1.89 bits per heavy atom. The van der Waals surface area contributed by atoms with Gasteiger partial charge in [0.2, 0.25) is 5.95 Å². The molecule has 3 aromatic rings. The van der Waals surface area contributed by atoms with Crippen molar-refractivity contribution in [3.63, 3.8) is 0 Å². The van der Waals surface area contributed by atoms with Gasteiger partial charge in [-0.15, -0.1) is 0 Å². The van der Waals surface area contributed by atoms with E-state index in [1.165, 1.54) is 12.5 Å². The zero-order valence-electron chi connectivity index (χ0n) is 15.9. The van der Waals surface area contributed by atoms with Crippen LogP contribution in [0.5, 0.6) is 0 Å². The maximum absolute atomic E-state index is 12.3. The smallest absolute Gasteiger partial charge is 0.274 e. The van der Waals surface area contributed by atoms with E-state index in [2.05, 4.69) is 30.2 Å². The molecule has 28 heavy (non-hydrogen) atoms. The SMILES string of the molecule is CC(C)C(C)(C(=N)NC(=O)c1cnc[nH]1)c1ccc(-c2cnc(N)nc2)nc1. The summed E-state index contributed by atoms with van der Waals surface area (Å²) in [4.78, 5) is 31.3. The summed E-state index contributed by atoms with van der Waals surface area (Å²) in [6.07, 6.45) is 7.77. The molecule has 9 heteroatoms. The molecule has 0 fully saturated rings. The van der Waals surface area contributed by atoms with E-state index in [9.17, 15) is 4.79 Å². The van der Waals surface area contributed by atoms with Crippen LogP contribution in [0, 0.1) is 11.3 Å². The number of carbonyl (C=O) groups excluding carboxylic acids is 1. The number of hydrogen-bond donors (Lipinski definition) is 4. The molecule has 0 aliphatic carbocycles. The molecule has 0 radical (unpaired) electrons. The van der Waals surface area contributed by atoms with Crippen molar-refractivity contribution in [1.29, 1.82) is 5.41 Å². The van der Waals surface area contributed by atoms with Gasteiger partial charge in [0.1, 0.15) is 11.5 Å². The van der Waals surface area contributed by atoms with E-state index in [0.29, 0.717) is 11.4 Å². The third kappa shape index (κ3) is 3.59. The first kappa shape index (κ1) is 19.2. The molecule has 3 aromatic heterocycles. The lowest BCUT2D eigenvalue weighted by atomic mass is 9.72. The maximum Gasteiger partial charge on any atom is 0.274 e. The van der Waals surface area contributed by atoms with Gasteiger partial charge in [0.25, 0.3) is 5.91 Å². The van der Waals surface area contributed by atoms with Crippen LogP contribution in [-0.4, -0.2) is 36.7 Å². The lowest BCUT2D eigenvalue weighted by molar-refractivity contribution is 0.0969. The Labute approximate surface area is 162 Å². The van der Waals surface area contributed by atoms with Gasteiger partial charge >= 0.3 is 0 Å². The highest BCUT2D eigenvalue weighted by Gasteiger charge is 2.37. The molecule has 0 aromatic carbocycles. The van der Waals surface area contributed by atoms with Crippen LogP contribution in [0.1, 0.15) is 36.8 Å². The summed E-state index contributed by atoms with van der Waals surface area (Å²) in [7, 11) is 0. The lowest BCUT2D eigenvalue weighted by Crippen LogP contribution is -2.47. The Morgan fingerprint density at radius 1 is 1.18 bits per heavy atom. The summed E-state index contributed by atoms with van der Waals surface area (Å²) >= 11 is 0. The predicted octanol–water partition coefficient (Wildman–Crippen LogP) is 2.16. The third-order valence-electron chi connectivity index (χ3n) is 4.99. The van der Waals surface area contributed by atoms with E-state index >= 15 is 0 Å². The number of nitrogens with one attached hydrogen (secondary N) is 3. The number of amides is 1. The number of aromatic amines is 1. The van der Waals surface area contributed by atoms with Crippen molar-refractivity contribution in [2.45, 2.75) is 26.2 Å². The second-order valence-electron chi connectivity index (χ2n) is 6.91. The third-order valence-corrected chi connectivity index (χ3v) is 4.99. The highest BCUT2D eigenvalue weighted by Crippen LogP contribution is 2.33. The molecule has 1 amide bonds. The number of pyridine rings is 1. The van der Waals surface area contributed by atoms with Crippen LogP contribution in [0.15, 0.2) is 43.2 Å². The van der Waals surface area contributed by atoms with E-state index in [1.807, 2.05) is 32.9 Å². The van der Waals surface area contributed by atoms with Gasteiger partial charge in [0.15, 0.2) is 0 Å². The van der Waals surface area contributed by atoms with Crippen molar-refractivity contribution in [1.82, 2.24) is 30.2 Å². The summed E-state index contributed by atoms with van der Waals surface area (Å²) in [6.45, 7) is 5.91. The van der Waals surface area contributed by atoms with Crippen molar-refractivity contribution >= 4 is 17.7 Å². The highest BCUT2D eigenvalue weighted by molar-refractivity contribution is 6.07. The number of H-pyrrole nitrogens is 1. The molecule has 0 aliphatic rings. The Morgan fingerprint density at radius 3 is 2.43 bits per heavy atom. The number of anilines is 1. The van der Waals surface area contributed by atoms with Crippen molar-refractivity contribution in [3.05, 3.63) is 54.5 Å². The number of imidazole rings is 1. The van der Waals surface area contributed by atoms with Gasteiger partial charge in [-0.3, -0.25) is 15.2 Å². The summed E-state index contributed by atoms with van der Waals surface area (Å²) in [5, 5.41) is 11.2. The predicted molar refractivity (Wildman–Crippen MR) is 106 cm³/mol. The first-order valence-electron chi connectivity index (χ1n) is 8.75. The molecule has 0 saturated carbocycles. The summed E-state index contributed by atoms with van der Waals surface area (Å²) in [6, 6.07) is 3.74. The minimum Gasteiger partial charge on any atom is -0.368 e. The monoisotopic (exact) mass is 378 g/mol. The number of amidine groups is 1. The van der Waals surface area contributed by atoms with E-state index in [1.54, 1.807) is 18.6 Å². The second-order valence-corrected chi connectivity index (χ2v) is 6.91. The van der Waals surface area contributed by atoms with E-state index < -0.39 is 11.3 Å². The number of rotatable bonds is 5. The molecule has 3 rings (SSSR count). The topological polar surface area (TPSA) is 146 Å². The second kappa shape index (κ2) is 7.55. The minimum atomic E-state index is -0.737. The molecular formula is C19H22N8O. The number of hydrogen-bond acceptors (Lipinski definition) is 7. The average molecular weight is 378 g/mol. The molecule has 5 N–H and O–H groups in total.